The van der Waals surface area contributed by atoms with E-state index in [9.17, 15) is 4.79 Å². The SMILES string of the molecule is O=Cc1cccc2c1CCC1(C2)OCCO1. The molecule has 0 unspecified atom stereocenters. The third-order valence-electron chi connectivity index (χ3n) is 3.47. The molecule has 2 aliphatic rings. The van der Waals surface area contributed by atoms with Gasteiger partial charge < -0.3 is 9.47 Å². The fraction of sp³-hybridized carbons (Fsp3) is 0.462. The summed E-state index contributed by atoms with van der Waals surface area (Å²) >= 11 is 0. The minimum absolute atomic E-state index is 0.408. The molecule has 0 amide bonds. The monoisotopic (exact) mass is 218 g/mol. The van der Waals surface area contributed by atoms with Gasteiger partial charge in [-0.2, -0.15) is 0 Å². The summed E-state index contributed by atoms with van der Waals surface area (Å²) in [7, 11) is 0. The Labute approximate surface area is 94.4 Å². The van der Waals surface area contributed by atoms with Crippen molar-refractivity contribution in [1.82, 2.24) is 0 Å². The van der Waals surface area contributed by atoms with Gasteiger partial charge in [-0.15, -0.1) is 0 Å². The molecule has 0 radical (unpaired) electrons. The van der Waals surface area contributed by atoms with Crippen molar-refractivity contribution in [3.05, 3.63) is 34.9 Å². The summed E-state index contributed by atoms with van der Waals surface area (Å²) in [5.41, 5.74) is 3.17. The predicted molar refractivity (Wildman–Crippen MR) is 58.5 cm³/mol. The van der Waals surface area contributed by atoms with Crippen LogP contribution in [0, 0.1) is 0 Å². The zero-order valence-corrected chi connectivity index (χ0v) is 9.07. The maximum absolute atomic E-state index is 10.9. The number of hydrogen-bond donors (Lipinski definition) is 0. The van der Waals surface area contributed by atoms with Gasteiger partial charge in [0.1, 0.15) is 6.29 Å². The first-order valence-electron chi connectivity index (χ1n) is 5.67. The second-order valence-electron chi connectivity index (χ2n) is 4.39. The summed E-state index contributed by atoms with van der Waals surface area (Å²) in [6, 6.07) is 5.87. The number of fused-ring (bicyclic) bond motifs is 1. The smallest absolute Gasteiger partial charge is 0.172 e. The van der Waals surface area contributed by atoms with E-state index in [2.05, 4.69) is 6.07 Å². The molecular formula is C13H14O3. The van der Waals surface area contributed by atoms with Gasteiger partial charge in [-0.1, -0.05) is 18.2 Å². The van der Waals surface area contributed by atoms with Crippen molar-refractivity contribution < 1.29 is 14.3 Å². The average molecular weight is 218 g/mol. The highest BCUT2D eigenvalue weighted by atomic mass is 16.7. The molecular weight excluding hydrogens is 204 g/mol. The number of carbonyl (C=O) groups is 1. The van der Waals surface area contributed by atoms with Crippen molar-refractivity contribution in [2.75, 3.05) is 13.2 Å². The van der Waals surface area contributed by atoms with Gasteiger partial charge in [-0.3, -0.25) is 4.79 Å². The van der Waals surface area contributed by atoms with Gasteiger partial charge in [0, 0.05) is 18.4 Å². The zero-order chi connectivity index (χ0) is 11.0. The topological polar surface area (TPSA) is 35.5 Å². The largest absolute Gasteiger partial charge is 0.347 e. The van der Waals surface area contributed by atoms with Crippen LogP contribution in [0.1, 0.15) is 27.9 Å². The molecule has 1 heterocycles. The second-order valence-corrected chi connectivity index (χ2v) is 4.39. The lowest BCUT2D eigenvalue weighted by Crippen LogP contribution is -2.37. The normalized spacial score (nSPS) is 22.0. The minimum Gasteiger partial charge on any atom is -0.347 e. The Balaban J connectivity index is 1.97. The van der Waals surface area contributed by atoms with E-state index in [0.717, 1.165) is 31.1 Å². The van der Waals surface area contributed by atoms with E-state index in [1.54, 1.807) is 0 Å². The van der Waals surface area contributed by atoms with Gasteiger partial charge >= 0.3 is 0 Å². The number of ether oxygens (including phenoxy) is 2. The first-order chi connectivity index (χ1) is 7.83. The molecule has 1 aromatic rings. The first kappa shape index (κ1) is 10.00. The highest BCUT2D eigenvalue weighted by Gasteiger charge is 2.40. The molecule has 1 aromatic carbocycles. The molecule has 3 rings (SSSR count). The fourth-order valence-corrected chi connectivity index (χ4v) is 2.67. The summed E-state index contributed by atoms with van der Waals surface area (Å²) in [5.74, 6) is -0.408. The number of aldehydes is 1. The van der Waals surface area contributed by atoms with Crippen molar-refractivity contribution in [2.45, 2.75) is 25.0 Å². The quantitative estimate of drug-likeness (QED) is 0.673. The first-order valence-corrected chi connectivity index (χ1v) is 5.67. The van der Waals surface area contributed by atoms with Gasteiger partial charge in [0.25, 0.3) is 0 Å². The Morgan fingerprint density at radius 1 is 1.25 bits per heavy atom. The molecule has 0 aromatic heterocycles. The number of benzene rings is 1. The lowest BCUT2D eigenvalue weighted by atomic mass is 9.85. The van der Waals surface area contributed by atoms with Crippen molar-refractivity contribution in [1.29, 1.82) is 0 Å². The van der Waals surface area contributed by atoms with Crippen molar-refractivity contribution >= 4 is 6.29 Å². The van der Waals surface area contributed by atoms with Crippen LogP contribution in [0.25, 0.3) is 0 Å². The standard InChI is InChI=1S/C13H14O3/c14-9-11-3-1-2-10-8-13(5-4-12(10)11)15-6-7-16-13/h1-3,9H,4-8H2. The van der Waals surface area contributed by atoms with E-state index in [1.165, 1.54) is 11.1 Å². The van der Waals surface area contributed by atoms with Crippen molar-refractivity contribution in [3.8, 4) is 0 Å². The van der Waals surface area contributed by atoms with Crippen LogP contribution in [-0.2, 0) is 22.3 Å². The Hall–Kier alpha value is -1.19. The van der Waals surface area contributed by atoms with Crippen LogP contribution < -0.4 is 0 Å². The zero-order valence-electron chi connectivity index (χ0n) is 9.07. The average Bonchev–Trinajstić information content (AvgIpc) is 2.76. The van der Waals surface area contributed by atoms with Gasteiger partial charge in [0.15, 0.2) is 5.79 Å². The van der Waals surface area contributed by atoms with E-state index >= 15 is 0 Å². The van der Waals surface area contributed by atoms with Gasteiger partial charge in [-0.05, 0) is 17.5 Å². The molecule has 0 bridgehead atoms. The van der Waals surface area contributed by atoms with Gasteiger partial charge in [0.05, 0.1) is 13.2 Å². The van der Waals surface area contributed by atoms with Crippen molar-refractivity contribution in [2.24, 2.45) is 0 Å². The molecule has 0 saturated carbocycles. The minimum atomic E-state index is -0.408. The number of hydrogen-bond acceptors (Lipinski definition) is 3. The van der Waals surface area contributed by atoms with Crippen LogP contribution in [-0.4, -0.2) is 25.3 Å². The summed E-state index contributed by atoms with van der Waals surface area (Å²) in [6.45, 7) is 1.37. The van der Waals surface area contributed by atoms with E-state index < -0.39 is 5.79 Å². The van der Waals surface area contributed by atoms with Crippen LogP contribution in [0.3, 0.4) is 0 Å². The molecule has 3 heteroatoms. The van der Waals surface area contributed by atoms with Crippen LogP contribution in [0.4, 0.5) is 0 Å². The molecule has 16 heavy (non-hydrogen) atoms. The van der Waals surface area contributed by atoms with E-state index in [4.69, 9.17) is 9.47 Å². The molecule has 1 fully saturated rings. The maximum atomic E-state index is 10.9. The Kier molecular flexibility index (Phi) is 2.30. The van der Waals surface area contributed by atoms with Gasteiger partial charge in [0.2, 0.25) is 0 Å². The molecule has 0 atom stereocenters. The Bertz CT molecular complexity index is 419. The highest BCUT2D eigenvalue weighted by molar-refractivity contribution is 5.78. The molecule has 3 nitrogen and oxygen atoms in total. The summed E-state index contributed by atoms with van der Waals surface area (Å²) in [6.07, 6.45) is 3.42. The Morgan fingerprint density at radius 2 is 2.06 bits per heavy atom. The molecule has 1 saturated heterocycles. The highest BCUT2D eigenvalue weighted by Crippen LogP contribution is 2.36. The summed E-state index contributed by atoms with van der Waals surface area (Å²) < 4.78 is 11.4. The van der Waals surface area contributed by atoms with Crippen LogP contribution in [0.5, 0.6) is 0 Å². The fourth-order valence-electron chi connectivity index (χ4n) is 2.67. The molecule has 1 spiro atoms. The molecule has 0 N–H and O–H groups in total. The number of rotatable bonds is 1. The lowest BCUT2D eigenvalue weighted by Gasteiger charge is -2.33. The lowest BCUT2D eigenvalue weighted by molar-refractivity contribution is -0.163. The molecule has 1 aliphatic carbocycles. The van der Waals surface area contributed by atoms with E-state index in [-0.39, 0.29) is 0 Å². The third-order valence-corrected chi connectivity index (χ3v) is 3.47. The molecule has 1 aliphatic heterocycles. The van der Waals surface area contributed by atoms with Crippen molar-refractivity contribution in [3.63, 3.8) is 0 Å². The van der Waals surface area contributed by atoms with Gasteiger partial charge in [-0.25, -0.2) is 0 Å². The number of carbonyl (C=O) groups excluding carboxylic acids is 1. The van der Waals surface area contributed by atoms with E-state index in [1.807, 2.05) is 12.1 Å². The predicted octanol–water partition coefficient (Wildman–Crippen LogP) is 1.73. The van der Waals surface area contributed by atoms with Crippen LogP contribution in [0.15, 0.2) is 18.2 Å². The van der Waals surface area contributed by atoms with Crippen LogP contribution >= 0.6 is 0 Å². The van der Waals surface area contributed by atoms with E-state index in [0.29, 0.717) is 13.2 Å². The Morgan fingerprint density at radius 3 is 2.81 bits per heavy atom. The third kappa shape index (κ3) is 1.47. The molecule has 84 valence electrons. The summed E-state index contributed by atoms with van der Waals surface area (Å²) in [4.78, 5) is 10.9. The summed E-state index contributed by atoms with van der Waals surface area (Å²) in [5, 5.41) is 0. The second kappa shape index (κ2) is 3.68. The maximum Gasteiger partial charge on any atom is 0.172 e. The van der Waals surface area contributed by atoms with Crippen LogP contribution in [0.2, 0.25) is 0 Å².